The van der Waals surface area contributed by atoms with Crippen molar-refractivity contribution in [3.05, 3.63) is 215 Å². The zero-order valence-electron chi connectivity index (χ0n) is 32.9. The van der Waals surface area contributed by atoms with E-state index in [1.165, 1.54) is 78.4 Å². The van der Waals surface area contributed by atoms with Crippen LogP contribution in [0.25, 0.3) is 22.3 Å². The number of hydrogen-bond acceptors (Lipinski definition) is 2. The maximum atomic E-state index is 2.55. The van der Waals surface area contributed by atoms with Gasteiger partial charge in [-0.15, -0.1) is 0 Å². The Morgan fingerprint density at radius 2 is 0.964 bits per heavy atom. The summed E-state index contributed by atoms with van der Waals surface area (Å²) in [4.78, 5) is 4.95. The van der Waals surface area contributed by atoms with Crippen molar-refractivity contribution in [2.75, 3.05) is 9.80 Å². The molecule has 2 nitrogen and oxygen atoms in total. The van der Waals surface area contributed by atoms with E-state index in [0.717, 1.165) is 37.1 Å². The molecule has 0 fully saturated rings. The number of rotatable bonds is 7. The van der Waals surface area contributed by atoms with Crippen LogP contribution in [0.15, 0.2) is 187 Å². The molecule has 0 saturated carbocycles. The zero-order valence-corrected chi connectivity index (χ0v) is 32.9. The van der Waals surface area contributed by atoms with Crippen LogP contribution >= 0.6 is 0 Å². The fourth-order valence-corrected chi connectivity index (χ4v) is 9.99. The first kappa shape index (κ1) is 34.4. The lowest BCUT2D eigenvalue weighted by Gasteiger charge is -2.35. The van der Waals surface area contributed by atoms with Crippen LogP contribution in [0.3, 0.4) is 0 Å². The van der Waals surface area contributed by atoms with Gasteiger partial charge >= 0.3 is 0 Å². The van der Waals surface area contributed by atoms with Gasteiger partial charge in [0.1, 0.15) is 0 Å². The van der Waals surface area contributed by atoms with Crippen molar-refractivity contribution in [1.82, 2.24) is 0 Å². The maximum Gasteiger partial charge on any atom is 0.0465 e. The molecule has 0 N–H and O–H groups in total. The highest BCUT2D eigenvalue weighted by atomic mass is 15.2. The second-order valence-corrected chi connectivity index (χ2v) is 16.8. The Morgan fingerprint density at radius 3 is 1.64 bits per heavy atom. The molecule has 0 amide bonds. The molecule has 0 bridgehead atoms. The van der Waals surface area contributed by atoms with Gasteiger partial charge in [-0.2, -0.15) is 0 Å². The van der Waals surface area contributed by atoms with Crippen LogP contribution in [-0.4, -0.2) is 0 Å². The van der Waals surface area contributed by atoms with E-state index in [2.05, 4.69) is 207 Å². The van der Waals surface area contributed by atoms with E-state index in [4.69, 9.17) is 0 Å². The Balaban J connectivity index is 0.970. The first-order valence-electron chi connectivity index (χ1n) is 20.3. The smallest absolute Gasteiger partial charge is 0.0465 e. The molecule has 0 saturated heterocycles. The lowest BCUT2D eigenvalue weighted by atomic mass is 9.79. The summed E-state index contributed by atoms with van der Waals surface area (Å²) in [6.07, 6.45) is 11.3. The van der Waals surface area contributed by atoms with Crippen LogP contribution in [0.5, 0.6) is 0 Å². The number of anilines is 4. The highest BCUT2D eigenvalue weighted by Crippen LogP contribution is 2.53. The Morgan fingerprint density at radius 1 is 0.411 bits per heavy atom. The van der Waals surface area contributed by atoms with Gasteiger partial charge in [0, 0.05) is 45.0 Å². The van der Waals surface area contributed by atoms with Crippen molar-refractivity contribution in [3.8, 4) is 11.1 Å². The van der Waals surface area contributed by atoms with Gasteiger partial charge in [0.25, 0.3) is 0 Å². The summed E-state index contributed by atoms with van der Waals surface area (Å²) in [6.45, 7) is 9.50. The average Bonchev–Trinajstić information content (AvgIpc) is 3.61. The summed E-state index contributed by atoms with van der Waals surface area (Å²) >= 11 is 0. The van der Waals surface area contributed by atoms with E-state index in [1.54, 1.807) is 0 Å². The second-order valence-electron chi connectivity index (χ2n) is 16.8. The minimum Gasteiger partial charge on any atom is -0.318 e. The van der Waals surface area contributed by atoms with Gasteiger partial charge in [0.2, 0.25) is 0 Å². The molecule has 6 aromatic carbocycles. The van der Waals surface area contributed by atoms with Crippen LogP contribution in [0, 0.1) is 0 Å². The second kappa shape index (κ2) is 13.3. The van der Waals surface area contributed by atoms with E-state index in [0.29, 0.717) is 0 Å². The molecule has 0 radical (unpaired) electrons. The summed E-state index contributed by atoms with van der Waals surface area (Å²) in [5, 5.41) is 0. The van der Waals surface area contributed by atoms with Gasteiger partial charge in [-0.1, -0.05) is 137 Å². The third-order valence-electron chi connectivity index (χ3n) is 12.9. The third kappa shape index (κ3) is 5.54. The molecule has 4 aliphatic rings. The van der Waals surface area contributed by atoms with Crippen LogP contribution in [0.1, 0.15) is 81.2 Å². The Kier molecular flexibility index (Phi) is 8.15. The predicted octanol–water partition coefficient (Wildman–Crippen LogP) is 14.5. The normalized spacial score (nSPS) is 17.2. The summed E-state index contributed by atoms with van der Waals surface area (Å²) < 4.78 is 0. The van der Waals surface area contributed by atoms with Crippen molar-refractivity contribution in [2.45, 2.75) is 64.2 Å². The van der Waals surface area contributed by atoms with Gasteiger partial charge in [0.15, 0.2) is 0 Å². The number of hydrogen-bond donors (Lipinski definition) is 0. The standard InChI is InChI=1S/C54H48N2/c1-53(2)49-21-13-11-19-45(49)47-33-31-43(35-51(47)53)55(39-15-7-5-8-16-39)41-27-23-37(24-28-41)38-25-29-42(30-26-38)56(40-17-9-6-10-18-40)44-32-34-48-46-20-12-14-22-50(46)54(3,4)52(48)36-44/h5-25,27-29,31,33,35-36H,26,30,32,34H2,1-4H3. The van der Waals surface area contributed by atoms with Crippen LogP contribution in [0.4, 0.5) is 22.7 Å². The molecule has 0 aliphatic heterocycles. The van der Waals surface area contributed by atoms with Gasteiger partial charge in [-0.25, -0.2) is 0 Å². The SMILES string of the molecule is CC1(C)C2=C(CCC(N(C3=CC=C(c4ccc(N(c5ccccc5)c5ccc6c(c5)C(C)(C)c5ccccc5-6)cc4)CC3)c3ccccc3)=C2)c2ccccc21. The van der Waals surface area contributed by atoms with Crippen molar-refractivity contribution >= 4 is 33.9 Å². The van der Waals surface area contributed by atoms with Crippen molar-refractivity contribution < 1.29 is 0 Å². The minimum atomic E-state index is -0.0588. The molecule has 0 spiro atoms. The van der Waals surface area contributed by atoms with E-state index < -0.39 is 0 Å². The van der Waals surface area contributed by atoms with E-state index in [-0.39, 0.29) is 10.8 Å². The molecule has 0 unspecified atom stereocenters. The molecule has 56 heavy (non-hydrogen) atoms. The van der Waals surface area contributed by atoms with Crippen LogP contribution in [0.2, 0.25) is 0 Å². The first-order valence-corrected chi connectivity index (χ1v) is 20.3. The largest absolute Gasteiger partial charge is 0.318 e. The van der Waals surface area contributed by atoms with Gasteiger partial charge in [0.05, 0.1) is 0 Å². The quantitative estimate of drug-likeness (QED) is 0.162. The average molecular weight is 725 g/mol. The molecular formula is C54H48N2. The van der Waals surface area contributed by atoms with Crippen molar-refractivity contribution in [2.24, 2.45) is 0 Å². The summed E-state index contributed by atoms with van der Waals surface area (Å²) in [6, 6.07) is 55.9. The Hall–Kier alpha value is -6.12. The number of nitrogens with zero attached hydrogens (tertiary/aromatic N) is 2. The monoisotopic (exact) mass is 724 g/mol. The highest BCUT2D eigenvalue weighted by molar-refractivity contribution is 5.87. The summed E-state index contributed by atoms with van der Waals surface area (Å²) in [7, 11) is 0. The van der Waals surface area contributed by atoms with Gasteiger partial charge < -0.3 is 9.80 Å². The van der Waals surface area contributed by atoms with E-state index >= 15 is 0 Å². The van der Waals surface area contributed by atoms with Gasteiger partial charge in [-0.05, 0) is 142 Å². The van der Waals surface area contributed by atoms with Crippen LogP contribution < -0.4 is 9.80 Å². The number of benzene rings is 6. The molecule has 0 atom stereocenters. The summed E-state index contributed by atoms with van der Waals surface area (Å²) in [5.41, 5.74) is 21.5. The molecule has 4 aliphatic carbocycles. The molecular weight excluding hydrogens is 677 g/mol. The maximum absolute atomic E-state index is 2.55. The lowest BCUT2D eigenvalue weighted by Crippen LogP contribution is -2.26. The first-order chi connectivity index (χ1) is 27.3. The minimum absolute atomic E-state index is 0.000781. The molecule has 10 rings (SSSR count). The zero-order chi connectivity index (χ0) is 38.0. The number of fused-ring (bicyclic) bond motifs is 5. The fourth-order valence-electron chi connectivity index (χ4n) is 9.99. The highest BCUT2D eigenvalue weighted by Gasteiger charge is 2.39. The fraction of sp³-hybridized carbons (Fsp3) is 0.185. The molecule has 0 aromatic heterocycles. The van der Waals surface area contributed by atoms with Gasteiger partial charge in [-0.3, -0.25) is 0 Å². The Bertz CT molecular complexity index is 2620. The molecule has 0 heterocycles. The topological polar surface area (TPSA) is 6.48 Å². The molecule has 2 heteroatoms. The van der Waals surface area contributed by atoms with Crippen molar-refractivity contribution in [3.63, 3.8) is 0 Å². The molecule has 6 aromatic rings. The number of allylic oxidation sites excluding steroid dienone is 8. The number of para-hydroxylation sites is 2. The lowest BCUT2D eigenvalue weighted by molar-refractivity contribution is 0.648. The predicted molar refractivity (Wildman–Crippen MR) is 237 cm³/mol. The summed E-state index contributed by atoms with van der Waals surface area (Å²) in [5.74, 6) is 0. The molecule has 274 valence electrons. The van der Waals surface area contributed by atoms with Crippen LogP contribution in [-0.2, 0) is 10.8 Å². The van der Waals surface area contributed by atoms with Crippen molar-refractivity contribution in [1.29, 1.82) is 0 Å². The third-order valence-corrected chi connectivity index (χ3v) is 12.9. The Labute approximate surface area is 332 Å². The van der Waals surface area contributed by atoms with E-state index in [9.17, 15) is 0 Å². The van der Waals surface area contributed by atoms with E-state index in [1.807, 2.05) is 0 Å².